The number of aliphatic hydroxyl groups is 1. The number of carbonyl (C=O) groups excluding carboxylic acids is 2. The molecule has 33 heavy (non-hydrogen) atoms. The number of methoxy groups -OCH3 is 1. The first-order valence-electron chi connectivity index (χ1n) is 10.8. The molecule has 6 nitrogen and oxygen atoms in total. The van der Waals surface area contributed by atoms with Crippen LogP contribution in [0.1, 0.15) is 50.8 Å². The lowest BCUT2D eigenvalue weighted by molar-refractivity contribution is -0.139. The van der Waals surface area contributed by atoms with Crippen LogP contribution < -0.4 is 9.47 Å². The highest BCUT2D eigenvalue weighted by molar-refractivity contribution is 6.46. The first-order chi connectivity index (χ1) is 15.7. The largest absolute Gasteiger partial charge is 0.507 e. The van der Waals surface area contributed by atoms with E-state index in [4.69, 9.17) is 32.7 Å². The van der Waals surface area contributed by atoms with E-state index < -0.39 is 17.7 Å². The number of unbranched alkanes of at least 4 members (excludes halogenated alkanes) is 1. The van der Waals surface area contributed by atoms with E-state index in [1.54, 1.807) is 12.1 Å². The molecule has 1 aliphatic rings. The fourth-order valence-corrected chi connectivity index (χ4v) is 4.52. The van der Waals surface area contributed by atoms with Gasteiger partial charge < -0.3 is 19.5 Å². The zero-order valence-corrected chi connectivity index (χ0v) is 20.5. The Kier molecular flexibility index (Phi) is 7.92. The number of para-hydroxylation sites is 1. The second-order valence-corrected chi connectivity index (χ2v) is 8.84. The Balaban J connectivity index is 2.24. The summed E-state index contributed by atoms with van der Waals surface area (Å²) in [4.78, 5) is 27.7. The molecule has 0 aromatic heterocycles. The van der Waals surface area contributed by atoms with E-state index in [1.165, 1.54) is 24.1 Å². The van der Waals surface area contributed by atoms with Crippen molar-refractivity contribution in [3.63, 3.8) is 0 Å². The van der Waals surface area contributed by atoms with Crippen molar-refractivity contribution in [3.05, 3.63) is 63.1 Å². The standard InChI is InChI=1S/C25H27Cl2NO5/c1-5-6-11-28-21(16-9-7-8-10-19(16)33-14(2)3)20(23(30)25(28)31)22(29)15-12-17(26)24(32-4)18(27)13-15/h7-10,12-14,21,29H,5-6,11H2,1-4H3/b22-20+. The van der Waals surface area contributed by atoms with Crippen LogP contribution in [0, 0.1) is 0 Å². The highest BCUT2D eigenvalue weighted by atomic mass is 35.5. The number of carbonyl (C=O) groups is 2. The van der Waals surface area contributed by atoms with Crippen molar-refractivity contribution in [2.75, 3.05) is 13.7 Å². The van der Waals surface area contributed by atoms with Crippen molar-refractivity contribution in [2.45, 2.75) is 45.8 Å². The summed E-state index contributed by atoms with van der Waals surface area (Å²) in [5.41, 5.74) is 0.800. The van der Waals surface area contributed by atoms with E-state index in [2.05, 4.69) is 0 Å². The molecule has 1 atom stereocenters. The number of aliphatic hydroxyl groups excluding tert-OH is 1. The molecular weight excluding hydrogens is 465 g/mol. The number of ketones is 1. The molecule has 0 radical (unpaired) electrons. The van der Waals surface area contributed by atoms with Gasteiger partial charge in [0.15, 0.2) is 5.75 Å². The lowest BCUT2D eigenvalue weighted by atomic mass is 9.94. The third-order valence-corrected chi connectivity index (χ3v) is 5.91. The topological polar surface area (TPSA) is 76.1 Å². The fraction of sp³-hybridized carbons (Fsp3) is 0.360. The Hall–Kier alpha value is -2.70. The summed E-state index contributed by atoms with van der Waals surface area (Å²) in [6, 6.07) is 9.31. The van der Waals surface area contributed by atoms with E-state index in [9.17, 15) is 14.7 Å². The second-order valence-electron chi connectivity index (χ2n) is 8.02. The minimum atomic E-state index is -0.814. The molecule has 1 unspecified atom stereocenters. The summed E-state index contributed by atoms with van der Waals surface area (Å²) >= 11 is 12.5. The van der Waals surface area contributed by atoms with Gasteiger partial charge in [-0.15, -0.1) is 0 Å². The monoisotopic (exact) mass is 491 g/mol. The first kappa shape index (κ1) is 24.9. The molecule has 0 spiro atoms. The summed E-state index contributed by atoms with van der Waals surface area (Å²) in [7, 11) is 1.43. The number of ether oxygens (including phenoxy) is 2. The number of nitrogens with zero attached hydrogens (tertiary/aromatic N) is 1. The van der Waals surface area contributed by atoms with Crippen molar-refractivity contribution < 1.29 is 24.2 Å². The zero-order chi connectivity index (χ0) is 24.3. The van der Waals surface area contributed by atoms with E-state index in [0.717, 1.165) is 6.42 Å². The third kappa shape index (κ3) is 4.97. The van der Waals surface area contributed by atoms with Gasteiger partial charge in [0.25, 0.3) is 11.7 Å². The lowest BCUT2D eigenvalue weighted by Crippen LogP contribution is -2.31. The molecule has 1 heterocycles. The molecule has 0 saturated carbocycles. The summed E-state index contributed by atoms with van der Waals surface area (Å²) in [6.45, 7) is 6.16. The summed E-state index contributed by atoms with van der Waals surface area (Å²) in [5, 5.41) is 11.6. The molecule has 0 bridgehead atoms. The molecule has 2 aromatic rings. The number of hydrogen-bond acceptors (Lipinski definition) is 5. The van der Waals surface area contributed by atoms with Crippen molar-refractivity contribution >= 4 is 40.7 Å². The van der Waals surface area contributed by atoms with E-state index in [1.807, 2.05) is 32.9 Å². The van der Waals surface area contributed by atoms with Crippen molar-refractivity contribution in [1.82, 2.24) is 4.90 Å². The summed E-state index contributed by atoms with van der Waals surface area (Å²) in [6.07, 6.45) is 1.42. The maximum Gasteiger partial charge on any atom is 0.295 e. The van der Waals surface area contributed by atoms with Gasteiger partial charge >= 0.3 is 0 Å². The molecular formula is C25H27Cl2NO5. The van der Waals surface area contributed by atoms with E-state index in [-0.39, 0.29) is 38.8 Å². The van der Waals surface area contributed by atoms with E-state index >= 15 is 0 Å². The van der Waals surface area contributed by atoms with E-state index in [0.29, 0.717) is 24.3 Å². The number of Topliss-reactive ketones (excluding diaryl/α,β-unsaturated/α-hetero) is 1. The van der Waals surface area contributed by atoms with Gasteiger partial charge in [-0.3, -0.25) is 9.59 Å². The van der Waals surface area contributed by atoms with Gasteiger partial charge in [-0.25, -0.2) is 0 Å². The lowest BCUT2D eigenvalue weighted by Gasteiger charge is -2.27. The average Bonchev–Trinajstić information content (AvgIpc) is 3.01. The third-order valence-electron chi connectivity index (χ3n) is 5.34. The van der Waals surface area contributed by atoms with Gasteiger partial charge in [0.2, 0.25) is 0 Å². The highest BCUT2D eigenvalue weighted by Crippen LogP contribution is 2.44. The van der Waals surface area contributed by atoms with Gasteiger partial charge in [-0.05, 0) is 38.5 Å². The van der Waals surface area contributed by atoms with Crippen LogP contribution in [-0.4, -0.2) is 41.5 Å². The van der Waals surface area contributed by atoms with Crippen molar-refractivity contribution in [2.24, 2.45) is 0 Å². The maximum absolute atomic E-state index is 13.2. The molecule has 2 aromatic carbocycles. The number of halogens is 2. The summed E-state index contributed by atoms with van der Waals surface area (Å²) < 4.78 is 11.1. The fourth-order valence-electron chi connectivity index (χ4n) is 3.88. The molecule has 1 N–H and O–H groups in total. The smallest absolute Gasteiger partial charge is 0.295 e. The van der Waals surface area contributed by atoms with Crippen LogP contribution >= 0.6 is 23.2 Å². The van der Waals surface area contributed by atoms with Crippen LogP contribution in [0.15, 0.2) is 42.0 Å². The Bertz CT molecular complexity index is 1070. The molecule has 176 valence electrons. The van der Waals surface area contributed by atoms with Crippen molar-refractivity contribution in [3.8, 4) is 11.5 Å². The SMILES string of the molecule is CCCCN1C(=O)C(=O)/C(=C(/O)c2cc(Cl)c(OC)c(Cl)c2)C1c1ccccc1OC(C)C. The van der Waals surface area contributed by atoms with Crippen LogP contribution in [0.4, 0.5) is 0 Å². The number of likely N-dealkylation sites (tertiary alicyclic amines) is 1. The average molecular weight is 492 g/mol. The predicted molar refractivity (Wildman–Crippen MR) is 129 cm³/mol. The normalized spacial score (nSPS) is 17.7. The molecule has 8 heteroatoms. The highest BCUT2D eigenvalue weighted by Gasteiger charge is 2.46. The quantitative estimate of drug-likeness (QED) is 0.278. The predicted octanol–water partition coefficient (Wildman–Crippen LogP) is 6.01. The van der Waals surface area contributed by atoms with Crippen molar-refractivity contribution in [1.29, 1.82) is 0 Å². The van der Waals surface area contributed by atoms with Crippen LogP contribution in [-0.2, 0) is 9.59 Å². The Morgan fingerprint density at radius 1 is 1.15 bits per heavy atom. The maximum atomic E-state index is 13.2. The van der Waals surface area contributed by atoms with Gasteiger partial charge in [0.05, 0.1) is 34.9 Å². The van der Waals surface area contributed by atoms with Gasteiger partial charge in [0, 0.05) is 17.7 Å². The van der Waals surface area contributed by atoms with Gasteiger partial charge in [-0.2, -0.15) is 0 Å². The minimum Gasteiger partial charge on any atom is -0.507 e. The molecule has 0 aliphatic carbocycles. The summed E-state index contributed by atoms with van der Waals surface area (Å²) in [5.74, 6) is -0.998. The number of benzene rings is 2. The van der Waals surface area contributed by atoms with Crippen LogP contribution in [0.25, 0.3) is 5.76 Å². The van der Waals surface area contributed by atoms with Crippen LogP contribution in [0.3, 0.4) is 0 Å². The Labute approximate surface area is 203 Å². The molecule has 1 fully saturated rings. The molecule has 3 rings (SSSR count). The zero-order valence-electron chi connectivity index (χ0n) is 19.0. The number of amides is 1. The van der Waals surface area contributed by atoms with Crippen LogP contribution in [0.2, 0.25) is 10.0 Å². The number of hydrogen-bond donors (Lipinski definition) is 1. The number of rotatable bonds is 8. The van der Waals surface area contributed by atoms with Crippen LogP contribution in [0.5, 0.6) is 11.5 Å². The molecule has 1 aliphatic heterocycles. The first-order valence-corrected chi connectivity index (χ1v) is 11.5. The Morgan fingerprint density at radius 3 is 2.36 bits per heavy atom. The van der Waals surface area contributed by atoms with Gasteiger partial charge in [-0.1, -0.05) is 54.7 Å². The Morgan fingerprint density at radius 2 is 1.79 bits per heavy atom. The minimum absolute atomic E-state index is 0.0341. The molecule has 1 amide bonds. The van der Waals surface area contributed by atoms with Gasteiger partial charge in [0.1, 0.15) is 11.5 Å². The molecule has 1 saturated heterocycles. The second kappa shape index (κ2) is 10.5.